The van der Waals surface area contributed by atoms with E-state index < -0.39 is 6.10 Å². The second kappa shape index (κ2) is 6.13. The molecule has 1 aliphatic rings. The van der Waals surface area contributed by atoms with Gasteiger partial charge in [0.2, 0.25) is 0 Å². The van der Waals surface area contributed by atoms with Crippen molar-refractivity contribution in [1.82, 2.24) is 0 Å². The third-order valence-electron chi connectivity index (χ3n) is 3.29. The first kappa shape index (κ1) is 14.0. The van der Waals surface area contributed by atoms with Crippen molar-refractivity contribution in [2.45, 2.75) is 38.4 Å². The lowest BCUT2D eigenvalue weighted by Gasteiger charge is -2.23. The van der Waals surface area contributed by atoms with E-state index >= 15 is 0 Å². The summed E-state index contributed by atoms with van der Waals surface area (Å²) in [6.07, 6.45) is 1.96. The molecule has 2 unspecified atom stereocenters. The summed E-state index contributed by atoms with van der Waals surface area (Å²) in [5.41, 5.74) is 0.785. The van der Waals surface area contributed by atoms with E-state index in [0.29, 0.717) is 23.4 Å². The predicted octanol–water partition coefficient (Wildman–Crippen LogP) is 3.31. The molecule has 1 fully saturated rings. The van der Waals surface area contributed by atoms with Crippen molar-refractivity contribution in [2.24, 2.45) is 5.92 Å². The smallest absolute Gasteiger partial charge is 0.137 e. The third-order valence-corrected chi connectivity index (χ3v) is 4.17. The first-order valence-electron chi connectivity index (χ1n) is 6.36. The summed E-state index contributed by atoms with van der Waals surface area (Å²) in [6.45, 7) is 2.53. The summed E-state index contributed by atoms with van der Waals surface area (Å²) in [5.74, 6) is 0.173. The van der Waals surface area contributed by atoms with Gasteiger partial charge in [0.1, 0.15) is 5.82 Å². The molecule has 0 saturated heterocycles. The Balaban J connectivity index is 2.04. The monoisotopic (exact) mass is 316 g/mol. The Morgan fingerprint density at radius 1 is 1.50 bits per heavy atom. The number of aliphatic hydroxyl groups excluding tert-OH is 1. The minimum Gasteiger partial charge on any atom is -0.390 e. The van der Waals surface area contributed by atoms with Crippen molar-refractivity contribution in [3.05, 3.63) is 34.1 Å². The van der Waals surface area contributed by atoms with Gasteiger partial charge in [0, 0.05) is 13.0 Å². The SMILES string of the molecule is CCOC(C(O)Cc1cccc(F)c1Br)C1CC1. The predicted molar refractivity (Wildman–Crippen MR) is 71.9 cm³/mol. The van der Waals surface area contributed by atoms with Gasteiger partial charge in [-0.3, -0.25) is 0 Å². The number of aliphatic hydroxyl groups is 1. The summed E-state index contributed by atoms with van der Waals surface area (Å²) < 4.78 is 19.4. The van der Waals surface area contributed by atoms with Crippen LogP contribution in [0.15, 0.2) is 22.7 Å². The zero-order valence-corrected chi connectivity index (χ0v) is 12.0. The first-order chi connectivity index (χ1) is 8.63. The number of rotatable bonds is 6. The number of benzene rings is 1. The fraction of sp³-hybridized carbons (Fsp3) is 0.571. The van der Waals surface area contributed by atoms with E-state index in [-0.39, 0.29) is 11.9 Å². The van der Waals surface area contributed by atoms with E-state index in [0.717, 1.165) is 18.4 Å². The van der Waals surface area contributed by atoms with Crippen molar-refractivity contribution in [3.8, 4) is 0 Å². The van der Waals surface area contributed by atoms with Gasteiger partial charge in [-0.05, 0) is 53.2 Å². The highest BCUT2D eigenvalue weighted by Crippen LogP contribution is 2.37. The molecule has 2 rings (SSSR count). The lowest BCUT2D eigenvalue weighted by Crippen LogP contribution is -2.33. The van der Waals surface area contributed by atoms with Gasteiger partial charge in [-0.2, -0.15) is 0 Å². The minimum absolute atomic E-state index is 0.120. The minimum atomic E-state index is -0.574. The largest absolute Gasteiger partial charge is 0.390 e. The van der Waals surface area contributed by atoms with Gasteiger partial charge in [-0.25, -0.2) is 4.39 Å². The highest BCUT2D eigenvalue weighted by Gasteiger charge is 2.36. The van der Waals surface area contributed by atoms with Crippen molar-refractivity contribution in [2.75, 3.05) is 6.61 Å². The van der Waals surface area contributed by atoms with E-state index in [1.807, 2.05) is 13.0 Å². The molecular formula is C14H18BrFO2. The Morgan fingerprint density at radius 3 is 2.83 bits per heavy atom. The van der Waals surface area contributed by atoms with E-state index in [2.05, 4.69) is 15.9 Å². The quantitative estimate of drug-likeness (QED) is 0.872. The molecule has 0 heterocycles. The molecule has 1 aromatic carbocycles. The lowest BCUT2D eigenvalue weighted by atomic mass is 10.0. The van der Waals surface area contributed by atoms with Crippen molar-refractivity contribution in [3.63, 3.8) is 0 Å². The van der Waals surface area contributed by atoms with Crippen LogP contribution in [-0.4, -0.2) is 23.9 Å². The molecule has 100 valence electrons. The van der Waals surface area contributed by atoms with E-state index in [1.54, 1.807) is 6.07 Å². The van der Waals surface area contributed by atoms with Crippen LogP contribution in [0.5, 0.6) is 0 Å². The zero-order valence-electron chi connectivity index (χ0n) is 10.4. The van der Waals surface area contributed by atoms with Gasteiger partial charge in [-0.15, -0.1) is 0 Å². The Kier molecular flexibility index (Phi) is 4.76. The maximum absolute atomic E-state index is 13.4. The van der Waals surface area contributed by atoms with Gasteiger partial charge in [0.05, 0.1) is 16.7 Å². The topological polar surface area (TPSA) is 29.5 Å². The molecule has 1 saturated carbocycles. The highest BCUT2D eigenvalue weighted by molar-refractivity contribution is 9.10. The number of halogens is 2. The van der Waals surface area contributed by atoms with Gasteiger partial charge < -0.3 is 9.84 Å². The zero-order chi connectivity index (χ0) is 13.1. The summed E-state index contributed by atoms with van der Waals surface area (Å²) in [7, 11) is 0. The third kappa shape index (κ3) is 3.31. The number of ether oxygens (including phenoxy) is 1. The first-order valence-corrected chi connectivity index (χ1v) is 7.15. The lowest BCUT2D eigenvalue weighted by molar-refractivity contribution is -0.0440. The van der Waals surface area contributed by atoms with Crippen LogP contribution < -0.4 is 0 Å². The van der Waals surface area contributed by atoms with Crippen molar-refractivity contribution in [1.29, 1.82) is 0 Å². The van der Waals surface area contributed by atoms with Crippen LogP contribution in [0.2, 0.25) is 0 Å². The molecule has 2 atom stereocenters. The molecule has 1 aromatic rings. The molecule has 0 bridgehead atoms. The van der Waals surface area contributed by atoms with E-state index in [9.17, 15) is 9.50 Å². The standard InChI is InChI=1S/C14H18BrFO2/c1-2-18-14(9-6-7-9)12(17)8-10-4-3-5-11(16)13(10)15/h3-5,9,12,14,17H,2,6-8H2,1H3. The van der Waals surface area contributed by atoms with Crippen LogP contribution in [0.1, 0.15) is 25.3 Å². The van der Waals surface area contributed by atoms with Gasteiger partial charge in [0.15, 0.2) is 0 Å². The maximum Gasteiger partial charge on any atom is 0.137 e. The van der Waals surface area contributed by atoms with E-state index in [1.165, 1.54) is 6.07 Å². The second-order valence-corrected chi connectivity index (χ2v) is 5.53. The average molecular weight is 317 g/mol. The fourth-order valence-corrected chi connectivity index (χ4v) is 2.65. The normalized spacial score (nSPS) is 18.7. The molecule has 0 amide bonds. The average Bonchev–Trinajstić information content (AvgIpc) is 3.16. The number of hydrogen-bond donors (Lipinski definition) is 1. The molecule has 1 N–H and O–H groups in total. The molecule has 0 radical (unpaired) electrons. The molecule has 2 nitrogen and oxygen atoms in total. The number of hydrogen-bond acceptors (Lipinski definition) is 2. The van der Waals surface area contributed by atoms with Gasteiger partial charge in [-0.1, -0.05) is 12.1 Å². The molecule has 0 spiro atoms. The maximum atomic E-state index is 13.4. The molecule has 18 heavy (non-hydrogen) atoms. The summed E-state index contributed by atoms with van der Waals surface area (Å²) in [4.78, 5) is 0. The van der Waals surface area contributed by atoms with Gasteiger partial charge in [0.25, 0.3) is 0 Å². The van der Waals surface area contributed by atoms with Crippen LogP contribution >= 0.6 is 15.9 Å². The molecular weight excluding hydrogens is 299 g/mol. The Labute approximate surface area is 115 Å². The Morgan fingerprint density at radius 2 is 2.22 bits per heavy atom. The van der Waals surface area contributed by atoms with Crippen molar-refractivity contribution < 1.29 is 14.2 Å². The summed E-state index contributed by atoms with van der Waals surface area (Å²) >= 11 is 3.22. The second-order valence-electron chi connectivity index (χ2n) is 4.74. The van der Waals surface area contributed by atoms with Crippen LogP contribution in [0.4, 0.5) is 4.39 Å². The molecule has 1 aliphatic carbocycles. The highest BCUT2D eigenvalue weighted by atomic mass is 79.9. The van der Waals surface area contributed by atoms with Crippen LogP contribution in [0.3, 0.4) is 0 Å². The molecule has 0 aromatic heterocycles. The van der Waals surface area contributed by atoms with Crippen molar-refractivity contribution >= 4 is 15.9 Å². The Bertz CT molecular complexity index is 407. The van der Waals surface area contributed by atoms with Crippen LogP contribution in [0, 0.1) is 11.7 Å². The summed E-state index contributed by atoms with van der Waals surface area (Å²) in [6, 6.07) is 4.89. The van der Waals surface area contributed by atoms with Crippen LogP contribution in [0.25, 0.3) is 0 Å². The fourth-order valence-electron chi connectivity index (χ4n) is 2.23. The van der Waals surface area contributed by atoms with Gasteiger partial charge >= 0.3 is 0 Å². The molecule has 0 aliphatic heterocycles. The van der Waals surface area contributed by atoms with Crippen LogP contribution in [-0.2, 0) is 11.2 Å². The Hall–Kier alpha value is -0.450. The molecule has 4 heteroatoms. The summed E-state index contributed by atoms with van der Waals surface area (Å²) in [5, 5.41) is 10.3. The van der Waals surface area contributed by atoms with E-state index in [4.69, 9.17) is 4.74 Å².